The summed E-state index contributed by atoms with van der Waals surface area (Å²) in [5.41, 5.74) is 8.27. The van der Waals surface area contributed by atoms with E-state index in [0.717, 1.165) is 11.1 Å². The van der Waals surface area contributed by atoms with Crippen molar-refractivity contribution in [2.45, 2.75) is 6.92 Å². The van der Waals surface area contributed by atoms with Crippen LogP contribution >= 0.6 is 0 Å². The lowest BCUT2D eigenvalue weighted by molar-refractivity contribution is 0.480. The van der Waals surface area contributed by atoms with Crippen LogP contribution in [-0.4, -0.2) is 4.98 Å². The number of nitrogens with two attached hydrogens (primary N) is 1. The van der Waals surface area contributed by atoms with Crippen LogP contribution in [-0.2, 0) is 0 Å². The van der Waals surface area contributed by atoms with Gasteiger partial charge in [-0.1, -0.05) is 12.1 Å². The van der Waals surface area contributed by atoms with Crippen molar-refractivity contribution in [2.24, 2.45) is 0 Å². The van der Waals surface area contributed by atoms with Crippen LogP contribution in [0.2, 0.25) is 0 Å². The Kier molecular flexibility index (Phi) is 3.74. The Balaban J connectivity index is 1.82. The minimum atomic E-state index is -0.241. The molecular weight excluding hydrogens is 279 g/mol. The van der Waals surface area contributed by atoms with E-state index < -0.39 is 0 Å². The van der Waals surface area contributed by atoms with Gasteiger partial charge in [0, 0.05) is 11.8 Å². The van der Waals surface area contributed by atoms with Crippen molar-refractivity contribution in [3.63, 3.8) is 0 Å². The highest BCUT2D eigenvalue weighted by Gasteiger charge is 2.05. The fraction of sp³-hybridized carbons (Fsp3) is 0.0556. The monoisotopic (exact) mass is 294 g/mol. The normalized spacial score (nSPS) is 10.5. The molecule has 0 bridgehead atoms. The summed E-state index contributed by atoms with van der Waals surface area (Å²) in [6.45, 7) is 1.70. The second-order valence-corrected chi connectivity index (χ2v) is 4.97. The number of rotatable bonds is 3. The first-order valence-electron chi connectivity index (χ1n) is 6.88. The number of ether oxygens (including phenoxy) is 1. The number of anilines is 1. The maximum Gasteiger partial charge on any atom is 0.131 e. The Morgan fingerprint density at radius 3 is 2.41 bits per heavy atom. The average Bonchev–Trinajstić information content (AvgIpc) is 2.52. The highest BCUT2D eigenvalue weighted by atomic mass is 19.1. The summed E-state index contributed by atoms with van der Waals surface area (Å²) in [4.78, 5) is 4.07. The van der Waals surface area contributed by atoms with E-state index >= 15 is 0 Å². The zero-order valence-corrected chi connectivity index (χ0v) is 12.1. The predicted molar refractivity (Wildman–Crippen MR) is 85.3 cm³/mol. The lowest BCUT2D eigenvalue weighted by Gasteiger charge is -2.09. The standard InChI is InChI=1S/C18H15FN2O/c1-12-11-15(8-9-17(12)19)22-14-6-4-13(5-7-14)16-3-2-10-21-18(16)20/h2-11H,1H3,(H2,20,21). The van der Waals surface area contributed by atoms with E-state index in [1.54, 1.807) is 25.3 Å². The largest absolute Gasteiger partial charge is 0.457 e. The third-order valence-corrected chi connectivity index (χ3v) is 3.37. The fourth-order valence-electron chi connectivity index (χ4n) is 2.18. The Labute approximate surface area is 128 Å². The summed E-state index contributed by atoms with van der Waals surface area (Å²) in [7, 11) is 0. The smallest absolute Gasteiger partial charge is 0.131 e. The van der Waals surface area contributed by atoms with Gasteiger partial charge < -0.3 is 10.5 Å². The van der Waals surface area contributed by atoms with E-state index in [-0.39, 0.29) is 5.82 Å². The van der Waals surface area contributed by atoms with Crippen molar-refractivity contribution in [3.8, 4) is 22.6 Å². The van der Waals surface area contributed by atoms with Gasteiger partial charge in [-0.05, 0) is 60.5 Å². The quantitative estimate of drug-likeness (QED) is 0.769. The Hall–Kier alpha value is -2.88. The molecule has 0 saturated heterocycles. The Morgan fingerprint density at radius 1 is 1.00 bits per heavy atom. The number of hydrogen-bond acceptors (Lipinski definition) is 3. The van der Waals surface area contributed by atoms with Gasteiger partial charge in [-0.2, -0.15) is 0 Å². The second-order valence-electron chi connectivity index (χ2n) is 4.97. The molecule has 0 amide bonds. The van der Waals surface area contributed by atoms with Crippen LogP contribution in [0, 0.1) is 12.7 Å². The molecule has 0 fully saturated rings. The molecule has 110 valence electrons. The summed E-state index contributed by atoms with van der Waals surface area (Å²) in [5.74, 6) is 1.53. The van der Waals surface area contributed by atoms with Gasteiger partial charge in [-0.15, -0.1) is 0 Å². The predicted octanol–water partition coefficient (Wildman–Crippen LogP) is 4.57. The number of aryl methyl sites for hydroxylation is 1. The molecule has 0 atom stereocenters. The van der Waals surface area contributed by atoms with Crippen LogP contribution in [0.15, 0.2) is 60.8 Å². The molecule has 0 unspecified atom stereocenters. The minimum Gasteiger partial charge on any atom is -0.457 e. The maximum absolute atomic E-state index is 13.2. The van der Waals surface area contributed by atoms with Crippen LogP contribution in [0.5, 0.6) is 11.5 Å². The van der Waals surface area contributed by atoms with Gasteiger partial charge in [-0.25, -0.2) is 9.37 Å². The third kappa shape index (κ3) is 2.91. The van der Waals surface area contributed by atoms with Crippen molar-refractivity contribution < 1.29 is 9.13 Å². The van der Waals surface area contributed by atoms with Crippen LogP contribution in [0.4, 0.5) is 10.2 Å². The molecule has 2 N–H and O–H groups in total. The molecule has 22 heavy (non-hydrogen) atoms. The Morgan fingerprint density at radius 2 is 1.73 bits per heavy atom. The molecule has 1 aromatic heterocycles. The molecular formula is C18H15FN2O. The lowest BCUT2D eigenvalue weighted by atomic mass is 10.1. The Bertz CT molecular complexity index is 800. The summed E-state index contributed by atoms with van der Waals surface area (Å²) in [6, 6.07) is 16.0. The summed E-state index contributed by atoms with van der Waals surface area (Å²) < 4.78 is 19.0. The SMILES string of the molecule is Cc1cc(Oc2ccc(-c3cccnc3N)cc2)ccc1F. The number of hydrogen-bond donors (Lipinski definition) is 1. The van der Waals surface area contributed by atoms with E-state index in [9.17, 15) is 4.39 Å². The van der Waals surface area contributed by atoms with Gasteiger partial charge in [0.15, 0.2) is 0 Å². The fourth-order valence-corrected chi connectivity index (χ4v) is 2.18. The molecule has 2 aromatic carbocycles. The van der Waals surface area contributed by atoms with Crippen LogP contribution in [0.25, 0.3) is 11.1 Å². The van der Waals surface area contributed by atoms with Gasteiger partial charge >= 0.3 is 0 Å². The first-order valence-corrected chi connectivity index (χ1v) is 6.88. The molecule has 3 rings (SSSR count). The van der Waals surface area contributed by atoms with Crippen molar-refractivity contribution >= 4 is 5.82 Å². The highest BCUT2D eigenvalue weighted by molar-refractivity contribution is 5.73. The second kappa shape index (κ2) is 5.85. The number of pyridine rings is 1. The van der Waals surface area contributed by atoms with Crippen LogP contribution in [0.3, 0.4) is 0 Å². The van der Waals surface area contributed by atoms with Gasteiger partial charge in [0.2, 0.25) is 0 Å². The molecule has 0 aliphatic heterocycles. The molecule has 3 nitrogen and oxygen atoms in total. The number of nitrogen functional groups attached to an aromatic ring is 1. The average molecular weight is 294 g/mol. The van der Waals surface area contributed by atoms with E-state index in [4.69, 9.17) is 10.5 Å². The maximum atomic E-state index is 13.2. The molecule has 0 radical (unpaired) electrons. The van der Waals surface area contributed by atoms with E-state index in [0.29, 0.717) is 22.9 Å². The van der Waals surface area contributed by atoms with Crippen LogP contribution in [0.1, 0.15) is 5.56 Å². The van der Waals surface area contributed by atoms with Crippen LogP contribution < -0.4 is 10.5 Å². The molecule has 3 aromatic rings. The molecule has 0 aliphatic rings. The molecule has 4 heteroatoms. The van der Waals surface area contributed by atoms with E-state index in [1.807, 2.05) is 36.4 Å². The van der Waals surface area contributed by atoms with E-state index in [2.05, 4.69) is 4.98 Å². The number of benzene rings is 2. The van der Waals surface area contributed by atoms with Crippen molar-refractivity contribution in [3.05, 3.63) is 72.2 Å². The minimum absolute atomic E-state index is 0.241. The first-order chi connectivity index (χ1) is 10.6. The van der Waals surface area contributed by atoms with Gasteiger partial charge in [0.25, 0.3) is 0 Å². The van der Waals surface area contributed by atoms with Crippen molar-refractivity contribution in [2.75, 3.05) is 5.73 Å². The summed E-state index contributed by atoms with van der Waals surface area (Å²) >= 11 is 0. The first kappa shape index (κ1) is 14.1. The van der Waals surface area contributed by atoms with Gasteiger partial charge in [0.05, 0.1) is 0 Å². The number of halogens is 1. The van der Waals surface area contributed by atoms with Crippen molar-refractivity contribution in [1.29, 1.82) is 0 Å². The summed E-state index contributed by atoms with van der Waals surface area (Å²) in [5, 5.41) is 0. The highest BCUT2D eigenvalue weighted by Crippen LogP contribution is 2.28. The van der Waals surface area contributed by atoms with Crippen molar-refractivity contribution in [1.82, 2.24) is 4.98 Å². The third-order valence-electron chi connectivity index (χ3n) is 3.37. The topological polar surface area (TPSA) is 48.1 Å². The number of aromatic nitrogens is 1. The zero-order valence-electron chi connectivity index (χ0n) is 12.1. The number of nitrogens with zero attached hydrogens (tertiary/aromatic N) is 1. The molecule has 0 saturated carbocycles. The summed E-state index contributed by atoms with van der Waals surface area (Å²) in [6.07, 6.45) is 1.66. The van der Waals surface area contributed by atoms with Gasteiger partial charge in [0.1, 0.15) is 23.1 Å². The lowest BCUT2D eigenvalue weighted by Crippen LogP contribution is -1.93. The van der Waals surface area contributed by atoms with E-state index in [1.165, 1.54) is 6.07 Å². The molecule has 1 heterocycles. The van der Waals surface area contributed by atoms with Gasteiger partial charge in [-0.3, -0.25) is 0 Å². The molecule has 0 spiro atoms. The molecule has 0 aliphatic carbocycles. The zero-order chi connectivity index (χ0) is 15.5.